The van der Waals surface area contributed by atoms with E-state index >= 15 is 0 Å². The minimum Gasteiger partial charge on any atom is -0.490 e. The van der Waals surface area contributed by atoms with Crippen LogP contribution in [0.5, 0.6) is 5.75 Å². The van der Waals surface area contributed by atoms with Crippen LogP contribution in [-0.4, -0.2) is 24.7 Å². The van der Waals surface area contributed by atoms with Crippen LogP contribution in [0, 0.1) is 6.92 Å². The summed E-state index contributed by atoms with van der Waals surface area (Å²) in [6, 6.07) is 5.63. The number of hydrogen-bond acceptors (Lipinski definition) is 3. The highest BCUT2D eigenvalue weighted by Gasteiger charge is 2.26. The van der Waals surface area contributed by atoms with Gasteiger partial charge in [0.2, 0.25) is 0 Å². The number of anilines is 1. The fraction of sp³-hybridized carbons (Fsp3) is 0.562. The summed E-state index contributed by atoms with van der Waals surface area (Å²) < 4.78 is 11.0. The molecule has 1 N–H and O–H groups in total. The number of carbonyl (C=O) groups excluding carboxylic acids is 1. The lowest BCUT2D eigenvalue weighted by atomic mass is 10.1. The number of aryl methyl sites for hydroxylation is 1. The predicted molar refractivity (Wildman–Crippen MR) is 81.3 cm³/mol. The third-order valence-corrected chi connectivity index (χ3v) is 3.39. The van der Waals surface area contributed by atoms with Crippen LogP contribution < -0.4 is 10.1 Å². The highest BCUT2D eigenvalue weighted by atomic mass is 16.5. The van der Waals surface area contributed by atoms with Gasteiger partial charge in [0, 0.05) is 12.8 Å². The van der Waals surface area contributed by atoms with E-state index in [4.69, 9.17) is 9.47 Å². The summed E-state index contributed by atoms with van der Waals surface area (Å²) in [5.41, 5.74) is 0.896. The standard InChI is InChI=1S/C16H25NO3/c1-7-12(3)20-14-9-8-13(10-11(14)2)17-15(18)16(4,5)19-6/h8-10,12H,7H2,1-6H3,(H,17,18). The maximum Gasteiger partial charge on any atom is 0.256 e. The van der Waals surface area contributed by atoms with Crippen LogP contribution in [0.15, 0.2) is 18.2 Å². The van der Waals surface area contributed by atoms with Gasteiger partial charge in [-0.3, -0.25) is 4.79 Å². The average molecular weight is 279 g/mol. The number of methoxy groups -OCH3 is 1. The van der Waals surface area contributed by atoms with Crippen molar-refractivity contribution >= 4 is 11.6 Å². The highest BCUT2D eigenvalue weighted by molar-refractivity contribution is 5.96. The molecular formula is C16H25NO3. The second-order valence-corrected chi connectivity index (χ2v) is 5.49. The summed E-state index contributed by atoms with van der Waals surface area (Å²) in [6.07, 6.45) is 1.14. The molecule has 0 saturated carbocycles. The Kier molecular flexibility index (Phi) is 5.57. The Hall–Kier alpha value is -1.55. The predicted octanol–water partition coefficient (Wildman–Crippen LogP) is 3.54. The first-order valence-corrected chi connectivity index (χ1v) is 6.94. The molecule has 1 amide bonds. The van der Waals surface area contributed by atoms with E-state index in [2.05, 4.69) is 12.2 Å². The van der Waals surface area contributed by atoms with E-state index in [0.717, 1.165) is 23.4 Å². The number of nitrogens with one attached hydrogen (secondary N) is 1. The molecule has 0 aliphatic carbocycles. The maximum absolute atomic E-state index is 12.0. The minimum absolute atomic E-state index is 0.171. The van der Waals surface area contributed by atoms with Crippen LogP contribution in [0.1, 0.15) is 39.7 Å². The van der Waals surface area contributed by atoms with E-state index in [1.54, 1.807) is 13.8 Å². The zero-order valence-corrected chi connectivity index (χ0v) is 13.2. The van der Waals surface area contributed by atoms with Gasteiger partial charge in [-0.1, -0.05) is 6.92 Å². The molecule has 0 radical (unpaired) electrons. The zero-order valence-electron chi connectivity index (χ0n) is 13.2. The number of carbonyl (C=O) groups is 1. The summed E-state index contributed by atoms with van der Waals surface area (Å²) in [5.74, 6) is 0.679. The Bertz CT molecular complexity index is 469. The summed E-state index contributed by atoms with van der Waals surface area (Å²) in [6.45, 7) is 9.55. The van der Waals surface area contributed by atoms with Crippen LogP contribution in [0.3, 0.4) is 0 Å². The minimum atomic E-state index is -0.847. The fourth-order valence-electron chi connectivity index (χ4n) is 1.53. The van der Waals surface area contributed by atoms with Gasteiger partial charge in [-0.05, 0) is 57.9 Å². The molecule has 0 fully saturated rings. The molecule has 0 heterocycles. The Morgan fingerprint density at radius 1 is 1.40 bits per heavy atom. The number of hydrogen-bond donors (Lipinski definition) is 1. The second kappa shape index (κ2) is 6.75. The molecular weight excluding hydrogens is 254 g/mol. The van der Waals surface area contributed by atoms with Crippen LogP contribution in [0.25, 0.3) is 0 Å². The molecule has 1 atom stereocenters. The van der Waals surface area contributed by atoms with Gasteiger partial charge in [-0.25, -0.2) is 0 Å². The van der Waals surface area contributed by atoms with E-state index in [1.165, 1.54) is 7.11 Å². The van der Waals surface area contributed by atoms with Crippen molar-refractivity contribution in [3.05, 3.63) is 23.8 Å². The van der Waals surface area contributed by atoms with Crippen LogP contribution in [0.2, 0.25) is 0 Å². The van der Waals surface area contributed by atoms with Gasteiger partial charge in [0.1, 0.15) is 11.4 Å². The molecule has 0 aromatic heterocycles. The molecule has 1 aromatic rings. The number of amides is 1. The van der Waals surface area contributed by atoms with E-state index in [9.17, 15) is 4.79 Å². The average Bonchev–Trinajstić information content (AvgIpc) is 2.41. The molecule has 112 valence electrons. The Morgan fingerprint density at radius 2 is 2.05 bits per heavy atom. The molecule has 0 spiro atoms. The summed E-state index contributed by atoms with van der Waals surface area (Å²) >= 11 is 0. The lowest BCUT2D eigenvalue weighted by Crippen LogP contribution is -2.38. The Balaban J connectivity index is 2.80. The quantitative estimate of drug-likeness (QED) is 0.866. The third kappa shape index (κ3) is 4.23. The third-order valence-electron chi connectivity index (χ3n) is 3.39. The van der Waals surface area contributed by atoms with E-state index in [-0.39, 0.29) is 12.0 Å². The largest absolute Gasteiger partial charge is 0.490 e. The van der Waals surface area contributed by atoms with Crippen LogP contribution >= 0.6 is 0 Å². The van der Waals surface area contributed by atoms with Gasteiger partial charge in [0.05, 0.1) is 6.10 Å². The van der Waals surface area contributed by atoms with Gasteiger partial charge >= 0.3 is 0 Å². The normalized spacial score (nSPS) is 12.9. The van der Waals surface area contributed by atoms with Gasteiger partial charge in [0.25, 0.3) is 5.91 Å². The molecule has 0 aliphatic heterocycles. The molecule has 1 aromatic carbocycles. The number of benzene rings is 1. The molecule has 1 unspecified atom stereocenters. The van der Waals surface area contributed by atoms with E-state index in [0.29, 0.717) is 0 Å². The molecule has 0 saturated heterocycles. The summed E-state index contributed by atoms with van der Waals surface area (Å²) in [4.78, 5) is 12.0. The molecule has 0 aliphatic rings. The first-order chi connectivity index (χ1) is 9.30. The lowest BCUT2D eigenvalue weighted by molar-refractivity contribution is -0.133. The first kappa shape index (κ1) is 16.5. The maximum atomic E-state index is 12.0. The van der Waals surface area contributed by atoms with Crippen LogP contribution in [0.4, 0.5) is 5.69 Å². The molecule has 4 heteroatoms. The topological polar surface area (TPSA) is 47.6 Å². The van der Waals surface area contributed by atoms with Gasteiger partial charge < -0.3 is 14.8 Å². The highest BCUT2D eigenvalue weighted by Crippen LogP contribution is 2.24. The molecule has 4 nitrogen and oxygen atoms in total. The van der Waals surface area contributed by atoms with E-state index in [1.807, 2.05) is 32.0 Å². The first-order valence-electron chi connectivity index (χ1n) is 6.94. The summed E-state index contributed by atoms with van der Waals surface area (Å²) in [7, 11) is 1.52. The second-order valence-electron chi connectivity index (χ2n) is 5.49. The van der Waals surface area contributed by atoms with Crippen molar-refractivity contribution < 1.29 is 14.3 Å². The monoisotopic (exact) mass is 279 g/mol. The van der Waals surface area contributed by atoms with Crippen molar-refractivity contribution in [2.45, 2.75) is 52.7 Å². The zero-order chi connectivity index (χ0) is 15.3. The van der Waals surface area contributed by atoms with Gasteiger partial charge in [-0.15, -0.1) is 0 Å². The summed E-state index contributed by atoms with van der Waals surface area (Å²) in [5, 5.41) is 2.85. The number of rotatable bonds is 6. The van der Waals surface area contributed by atoms with Crippen LogP contribution in [-0.2, 0) is 9.53 Å². The lowest BCUT2D eigenvalue weighted by Gasteiger charge is -2.22. The molecule has 0 bridgehead atoms. The molecule has 20 heavy (non-hydrogen) atoms. The smallest absolute Gasteiger partial charge is 0.256 e. The van der Waals surface area contributed by atoms with Crippen molar-refractivity contribution in [1.82, 2.24) is 0 Å². The Morgan fingerprint density at radius 3 is 2.55 bits per heavy atom. The Labute approximate surface area is 121 Å². The SMILES string of the molecule is CCC(C)Oc1ccc(NC(=O)C(C)(C)OC)cc1C. The molecule has 1 rings (SSSR count). The van der Waals surface area contributed by atoms with Crippen molar-refractivity contribution in [1.29, 1.82) is 0 Å². The van der Waals surface area contributed by atoms with Crippen molar-refractivity contribution in [2.75, 3.05) is 12.4 Å². The van der Waals surface area contributed by atoms with Gasteiger partial charge in [0.15, 0.2) is 0 Å². The fourth-order valence-corrected chi connectivity index (χ4v) is 1.53. The van der Waals surface area contributed by atoms with Crippen molar-refractivity contribution in [3.63, 3.8) is 0 Å². The number of ether oxygens (including phenoxy) is 2. The van der Waals surface area contributed by atoms with Crippen molar-refractivity contribution in [3.8, 4) is 5.75 Å². The van der Waals surface area contributed by atoms with Crippen molar-refractivity contribution in [2.24, 2.45) is 0 Å². The van der Waals surface area contributed by atoms with E-state index < -0.39 is 5.60 Å². The van der Waals surface area contributed by atoms with Gasteiger partial charge in [-0.2, -0.15) is 0 Å².